The normalized spacial score (nSPS) is 15.5. The van der Waals surface area contributed by atoms with Crippen LogP contribution >= 0.6 is 0 Å². The van der Waals surface area contributed by atoms with Gasteiger partial charge >= 0.3 is 6.03 Å². The molecule has 0 saturated carbocycles. The van der Waals surface area contributed by atoms with Crippen molar-refractivity contribution in [3.63, 3.8) is 0 Å². The standard InChI is InChI=1S/C21H27FN4O/c1-25-12-14-26(15-13-25)11-3-10-23-21(27)24-20-8-6-17(7-9-20)18-4-2-5-19(22)16-18/h2,4-9,16H,3,10-15H2,1H3,(H2,23,24,27). The van der Waals surface area contributed by atoms with E-state index in [9.17, 15) is 9.18 Å². The molecule has 2 aromatic carbocycles. The number of hydrogen-bond donors (Lipinski definition) is 2. The van der Waals surface area contributed by atoms with Crippen LogP contribution in [-0.2, 0) is 0 Å². The first kappa shape index (κ1) is 19.3. The molecule has 0 aromatic heterocycles. The first-order valence-corrected chi connectivity index (χ1v) is 9.42. The van der Waals surface area contributed by atoms with E-state index in [0.29, 0.717) is 12.2 Å². The van der Waals surface area contributed by atoms with Crippen LogP contribution in [0.5, 0.6) is 0 Å². The number of amides is 2. The Hall–Kier alpha value is -2.44. The van der Waals surface area contributed by atoms with Crippen molar-refractivity contribution in [1.82, 2.24) is 15.1 Å². The minimum Gasteiger partial charge on any atom is -0.338 e. The Kier molecular flexibility index (Phi) is 6.79. The van der Waals surface area contributed by atoms with Gasteiger partial charge in [0.05, 0.1) is 0 Å². The van der Waals surface area contributed by atoms with Gasteiger partial charge in [-0.25, -0.2) is 9.18 Å². The number of anilines is 1. The maximum Gasteiger partial charge on any atom is 0.319 e. The Bertz CT molecular complexity index is 742. The van der Waals surface area contributed by atoms with E-state index in [1.54, 1.807) is 6.07 Å². The zero-order valence-electron chi connectivity index (χ0n) is 15.7. The lowest BCUT2D eigenvalue weighted by atomic mass is 10.1. The molecule has 1 fully saturated rings. The van der Waals surface area contributed by atoms with Gasteiger partial charge in [0.2, 0.25) is 0 Å². The van der Waals surface area contributed by atoms with Crippen molar-refractivity contribution >= 4 is 11.7 Å². The van der Waals surface area contributed by atoms with Gasteiger partial charge in [-0.2, -0.15) is 0 Å². The summed E-state index contributed by atoms with van der Waals surface area (Å²) in [7, 11) is 2.15. The molecule has 3 rings (SSSR count). The predicted molar refractivity (Wildman–Crippen MR) is 107 cm³/mol. The number of carbonyl (C=O) groups is 1. The van der Waals surface area contributed by atoms with Gasteiger partial charge in [0.1, 0.15) is 5.82 Å². The number of benzene rings is 2. The number of nitrogens with zero attached hydrogens (tertiary/aromatic N) is 2. The summed E-state index contributed by atoms with van der Waals surface area (Å²) in [5.74, 6) is -0.259. The van der Waals surface area contributed by atoms with Gasteiger partial charge in [-0.15, -0.1) is 0 Å². The molecule has 1 saturated heterocycles. The maximum absolute atomic E-state index is 13.3. The molecular weight excluding hydrogens is 343 g/mol. The monoisotopic (exact) mass is 370 g/mol. The van der Waals surface area contributed by atoms with Crippen molar-refractivity contribution in [2.45, 2.75) is 6.42 Å². The number of hydrogen-bond acceptors (Lipinski definition) is 3. The summed E-state index contributed by atoms with van der Waals surface area (Å²) in [6.45, 7) is 6.08. The molecule has 0 spiro atoms. The summed E-state index contributed by atoms with van der Waals surface area (Å²) in [6, 6.07) is 13.7. The SMILES string of the molecule is CN1CCN(CCCNC(=O)Nc2ccc(-c3cccc(F)c3)cc2)CC1. The lowest BCUT2D eigenvalue weighted by molar-refractivity contribution is 0.153. The van der Waals surface area contributed by atoms with Gasteiger partial charge in [0.25, 0.3) is 0 Å². The van der Waals surface area contributed by atoms with E-state index in [1.807, 2.05) is 30.3 Å². The third-order valence-electron chi connectivity index (χ3n) is 4.83. The highest BCUT2D eigenvalue weighted by atomic mass is 19.1. The number of rotatable bonds is 6. The van der Waals surface area contributed by atoms with Gasteiger partial charge in [0.15, 0.2) is 0 Å². The summed E-state index contributed by atoms with van der Waals surface area (Å²) in [4.78, 5) is 16.8. The molecule has 1 aliphatic rings. The second-order valence-corrected chi connectivity index (χ2v) is 6.97. The van der Waals surface area contributed by atoms with E-state index >= 15 is 0 Å². The molecule has 6 heteroatoms. The summed E-state index contributed by atoms with van der Waals surface area (Å²) >= 11 is 0. The van der Waals surface area contributed by atoms with Crippen LogP contribution in [-0.4, -0.2) is 62.1 Å². The minimum absolute atomic E-state index is 0.202. The summed E-state index contributed by atoms with van der Waals surface area (Å²) < 4.78 is 13.3. The molecule has 2 aromatic rings. The van der Waals surface area contributed by atoms with Crippen LogP contribution in [0.25, 0.3) is 11.1 Å². The molecule has 0 aliphatic carbocycles. The molecule has 2 N–H and O–H groups in total. The topological polar surface area (TPSA) is 47.6 Å². The van der Waals surface area contributed by atoms with E-state index in [0.717, 1.165) is 50.3 Å². The Labute approximate surface area is 160 Å². The van der Waals surface area contributed by atoms with E-state index in [4.69, 9.17) is 0 Å². The van der Waals surface area contributed by atoms with Crippen LogP contribution in [0.1, 0.15) is 6.42 Å². The highest BCUT2D eigenvalue weighted by Crippen LogP contribution is 2.22. The number of likely N-dealkylation sites (N-methyl/N-ethyl adjacent to an activating group) is 1. The lowest BCUT2D eigenvalue weighted by Crippen LogP contribution is -2.45. The third-order valence-corrected chi connectivity index (χ3v) is 4.83. The number of urea groups is 1. The number of piperazine rings is 1. The number of carbonyl (C=O) groups excluding carboxylic acids is 1. The lowest BCUT2D eigenvalue weighted by Gasteiger charge is -2.32. The van der Waals surface area contributed by atoms with Crippen molar-refractivity contribution in [3.8, 4) is 11.1 Å². The van der Waals surface area contributed by atoms with Gasteiger partial charge in [0, 0.05) is 38.4 Å². The summed E-state index contributed by atoms with van der Waals surface area (Å²) in [6.07, 6.45) is 0.940. The van der Waals surface area contributed by atoms with Crippen LogP contribution in [0.15, 0.2) is 48.5 Å². The van der Waals surface area contributed by atoms with Crippen LogP contribution in [0.3, 0.4) is 0 Å². The molecule has 27 heavy (non-hydrogen) atoms. The highest BCUT2D eigenvalue weighted by Gasteiger charge is 2.12. The molecule has 5 nitrogen and oxygen atoms in total. The van der Waals surface area contributed by atoms with Crippen LogP contribution in [0.4, 0.5) is 14.9 Å². The van der Waals surface area contributed by atoms with Gasteiger partial charge in [-0.3, -0.25) is 0 Å². The predicted octanol–water partition coefficient (Wildman–Crippen LogP) is 3.25. The average Bonchev–Trinajstić information content (AvgIpc) is 2.67. The molecule has 0 atom stereocenters. The molecule has 1 aliphatic heterocycles. The highest BCUT2D eigenvalue weighted by molar-refractivity contribution is 5.89. The molecule has 0 bridgehead atoms. The first-order chi connectivity index (χ1) is 13.1. The van der Waals surface area contributed by atoms with Crippen LogP contribution in [0.2, 0.25) is 0 Å². The summed E-state index contributed by atoms with van der Waals surface area (Å²) in [5.41, 5.74) is 2.44. The summed E-state index contributed by atoms with van der Waals surface area (Å²) in [5, 5.41) is 5.73. The van der Waals surface area contributed by atoms with Crippen molar-refractivity contribution in [2.75, 3.05) is 51.6 Å². The average molecular weight is 370 g/mol. The minimum atomic E-state index is -0.259. The zero-order chi connectivity index (χ0) is 19.1. The van der Waals surface area contributed by atoms with Crippen LogP contribution in [0, 0.1) is 5.82 Å². The molecule has 144 valence electrons. The Balaban J connectivity index is 1.39. The molecule has 1 heterocycles. The number of nitrogens with one attached hydrogen (secondary N) is 2. The molecular formula is C21H27FN4O. The van der Waals surface area contributed by atoms with E-state index in [-0.39, 0.29) is 11.8 Å². The van der Waals surface area contributed by atoms with Crippen molar-refractivity contribution in [2.24, 2.45) is 0 Å². The van der Waals surface area contributed by atoms with E-state index < -0.39 is 0 Å². The Morgan fingerprint density at radius 2 is 1.78 bits per heavy atom. The van der Waals surface area contributed by atoms with E-state index in [1.165, 1.54) is 12.1 Å². The van der Waals surface area contributed by atoms with Gasteiger partial charge < -0.3 is 20.4 Å². The van der Waals surface area contributed by atoms with Crippen molar-refractivity contribution < 1.29 is 9.18 Å². The third kappa shape index (κ3) is 6.05. The second-order valence-electron chi connectivity index (χ2n) is 6.97. The zero-order valence-corrected chi connectivity index (χ0v) is 15.7. The molecule has 2 amide bonds. The fraction of sp³-hybridized carbons (Fsp3) is 0.381. The quantitative estimate of drug-likeness (QED) is 0.768. The van der Waals surface area contributed by atoms with Crippen molar-refractivity contribution in [3.05, 3.63) is 54.3 Å². The van der Waals surface area contributed by atoms with Crippen LogP contribution < -0.4 is 10.6 Å². The Morgan fingerprint density at radius 3 is 2.48 bits per heavy atom. The van der Waals surface area contributed by atoms with Gasteiger partial charge in [-0.05, 0) is 55.4 Å². The smallest absolute Gasteiger partial charge is 0.319 e. The number of halogens is 1. The second kappa shape index (κ2) is 9.48. The largest absolute Gasteiger partial charge is 0.338 e. The molecule has 0 unspecified atom stereocenters. The fourth-order valence-corrected chi connectivity index (χ4v) is 3.17. The van der Waals surface area contributed by atoms with Crippen molar-refractivity contribution in [1.29, 1.82) is 0 Å². The fourth-order valence-electron chi connectivity index (χ4n) is 3.17. The molecule has 0 radical (unpaired) electrons. The first-order valence-electron chi connectivity index (χ1n) is 9.42. The Morgan fingerprint density at radius 1 is 1.04 bits per heavy atom. The van der Waals surface area contributed by atoms with E-state index in [2.05, 4.69) is 27.5 Å². The maximum atomic E-state index is 13.3. The van der Waals surface area contributed by atoms with Gasteiger partial charge in [-0.1, -0.05) is 24.3 Å².